The van der Waals surface area contributed by atoms with Crippen molar-refractivity contribution in [1.29, 1.82) is 5.26 Å². The Morgan fingerprint density at radius 1 is 1.41 bits per heavy atom. The third-order valence-electron chi connectivity index (χ3n) is 3.32. The van der Waals surface area contributed by atoms with Crippen LogP contribution in [0.5, 0.6) is 5.75 Å². The Labute approximate surface area is 101 Å². The molecule has 0 unspecified atom stereocenters. The third-order valence-corrected chi connectivity index (χ3v) is 3.32. The van der Waals surface area contributed by atoms with Gasteiger partial charge >= 0.3 is 0 Å². The molecule has 1 aromatic heterocycles. The van der Waals surface area contributed by atoms with Crippen LogP contribution in [-0.4, -0.2) is 11.7 Å². The monoisotopic (exact) mass is 228 g/mol. The molecule has 88 valence electrons. The largest absolute Gasteiger partial charge is 0.497 e. The summed E-state index contributed by atoms with van der Waals surface area (Å²) in [4.78, 5) is 0. The summed E-state index contributed by atoms with van der Waals surface area (Å²) in [7, 11) is 3.72. The van der Waals surface area contributed by atoms with Crippen molar-refractivity contribution in [1.82, 2.24) is 4.57 Å². The summed E-state index contributed by atoms with van der Waals surface area (Å²) in [6.07, 6.45) is 1.37. The highest BCUT2D eigenvalue weighted by atomic mass is 16.5. The lowest BCUT2D eigenvalue weighted by Crippen LogP contribution is -1.92. The van der Waals surface area contributed by atoms with E-state index >= 15 is 0 Å². The predicted octanol–water partition coefficient (Wildman–Crippen LogP) is 2.95. The number of aryl methyl sites for hydroxylation is 2. The lowest BCUT2D eigenvalue weighted by molar-refractivity contribution is 0.415. The van der Waals surface area contributed by atoms with Gasteiger partial charge in [0.2, 0.25) is 0 Å². The number of ether oxygens (including phenoxy) is 1. The van der Waals surface area contributed by atoms with E-state index in [4.69, 9.17) is 10.00 Å². The second kappa shape index (κ2) is 4.50. The number of nitrogens with zero attached hydrogens (tertiary/aromatic N) is 2. The lowest BCUT2D eigenvalue weighted by atomic mass is 10.1. The number of fused-ring (bicyclic) bond motifs is 1. The van der Waals surface area contributed by atoms with Crippen LogP contribution in [0.3, 0.4) is 0 Å². The Bertz CT molecular complexity index is 590. The molecular weight excluding hydrogens is 212 g/mol. The van der Waals surface area contributed by atoms with Gasteiger partial charge in [0.05, 0.1) is 18.7 Å². The molecule has 0 atom stereocenters. The highest BCUT2D eigenvalue weighted by Crippen LogP contribution is 2.29. The molecule has 17 heavy (non-hydrogen) atoms. The Morgan fingerprint density at radius 2 is 2.18 bits per heavy atom. The van der Waals surface area contributed by atoms with E-state index in [2.05, 4.69) is 23.6 Å². The number of rotatable bonds is 3. The van der Waals surface area contributed by atoms with Crippen LogP contribution in [-0.2, 0) is 13.5 Å². The summed E-state index contributed by atoms with van der Waals surface area (Å²) in [5, 5.41) is 9.93. The van der Waals surface area contributed by atoms with E-state index in [1.165, 1.54) is 16.6 Å². The molecule has 0 amide bonds. The van der Waals surface area contributed by atoms with E-state index in [0.29, 0.717) is 6.42 Å². The number of benzene rings is 1. The van der Waals surface area contributed by atoms with Gasteiger partial charge in [-0.25, -0.2) is 0 Å². The standard InChI is InChI=1S/C14H16N2O/c1-10-12(5-4-8-15)13-7-6-11(17-3)9-14(13)16(10)2/h6-7,9H,4-5H2,1-3H3. The molecule has 1 heterocycles. The van der Waals surface area contributed by atoms with Gasteiger partial charge in [-0.2, -0.15) is 5.26 Å². The normalized spacial score (nSPS) is 10.5. The zero-order valence-electron chi connectivity index (χ0n) is 10.4. The maximum absolute atomic E-state index is 8.70. The van der Waals surface area contributed by atoms with E-state index in [1.807, 2.05) is 19.2 Å². The molecular formula is C14H16N2O. The highest BCUT2D eigenvalue weighted by Gasteiger charge is 2.11. The van der Waals surface area contributed by atoms with Crippen LogP contribution in [0.15, 0.2) is 18.2 Å². The number of hydrogen-bond donors (Lipinski definition) is 0. The van der Waals surface area contributed by atoms with Crippen LogP contribution >= 0.6 is 0 Å². The molecule has 0 saturated carbocycles. The number of methoxy groups -OCH3 is 1. The summed E-state index contributed by atoms with van der Waals surface area (Å²) in [6.45, 7) is 2.10. The number of nitriles is 1. The van der Waals surface area contributed by atoms with Gasteiger partial charge in [0.1, 0.15) is 5.75 Å². The molecule has 0 radical (unpaired) electrons. The van der Waals surface area contributed by atoms with Crippen molar-refractivity contribution in [2.75, 3.05) is 7.11 Å². The van der Waals surface area contributed by atoms with E-state index in [0.717, 1.165) is 17.7 Å². The topological polar surface area (TPSA) is 37.9 Å². The average molecular weight is 228 g/mol. The molecule has 3 heteroatoms. The maximum atomic E-state index is 8.70. The molecule has 0 spiro atoms. The fraction of sp³-hybridized carbons (Fsp3) is 0.357. The van der Waals surface area contributed by atoms with Crippen LogP contribution in [0.2, 0.25) is 0 Å². The van der Waals surface area contributed by atoms with Gasteiger partial charge in [0.15, 0.2) is 0 Å². The summed E-state index contributed by atoms with van der Waals surface area (Å²) in [6, 6.07) is 8.29. The minimum absolute atomic E-state index is 0.561. The first-order valence-corrected chi connectivity index (χ1v) is 5.68. The molecule has 1 aromatic carbocycles. The molecule has 0 fully saturated rings. The minimum Gasteiger partial charge on any atom is -0.497 e. The third kappa shape index (κ3) is 1.87. The SMILES string of the molecule is COc1ccc2c(CCC#N)c(C)n(C)c2c1. The van der Waals surface area contributed by atoms with Gasteiger partial charge in [-0.05, 0) is 31.0 Å². The van der Waals surface area contributed by atoms with Gasteiger partial charge in [-0.15, -0.1) is 0 Å². The number of aromatic nitrogens is 1. The molecule has 2 aromatic rings. The Balaban J connectivity index is 2.61. The van der Waals surface area contributed by atoms with Crippen LogP contribution in [0.1, 0.15) is 17.7 Å². The molecule has 0 bridgehead atoms. The van der Waals surface area contributed by atoms with Crippen molar-refractivity contribution >= 4 is 10.9 Å². The van der Waals surface area contributed by atoms with Gasteiger partial charge in [-0.3, -0.25) is 0 Å². The molecule has 0 aliphatic carbocycles. The van der Waals surface area contributed by atoms with E-state index < -0.39 is 0 Å². The smallest absolute Gasteiger partial charge is 0.120 e. The second-order valence-electron chi connectivity index (χ2n) is 4.16. The van der Waals surface area contributed by atoms with Gasteiger partial charge in [0.25, 0.3) is 0 Å². The van der Waals surface area contributed by atoms with E-state index in [-0.39, 0.29) is 0 Å². The van der Waals surface area contributed by atoms with Gasteiger partial charge < -0.3 is 9.30 Å². The molecule has 2 rings (SSSR count). The van der Waals surface area contributed by atoms with Crippen molar-refractivity contribution in [3.63, 3.8) is 0 Å². The summed E-state index contributed by atoms with van der Waals surface area (Å²) < 4.78 is 7.40. The van der Waals surface area contributed by atoms with Crippen molar-refractivity contribution in [3.05, 3.63) is 29.5 Å². The first-order chi connectivity index (χ1) is 8.19. The fourth-order valence-electron chi connectivity index (χ4n) is 2.25. The summed E-state index contributed by atoms with van der Waals surface area (Å²) in [5.41, 5.74) is 3.66. The predicted molar refractivity (Wildman–Crippen MR) is 68.1 cm³/mol. The van der Waals surface area contributed by atoms with E-state index in [9.17, 15) is 0 Å². The lowest BCUT2D eigenvalue weighted by Gasteiger charge is -2.01. The van der Waals surface area contributed by atoms with Crippen molar-refractivity contribution < 1.29 is 4.74 Å². The quantitative estimate of drug-likeness (QED) is 0.810. The molecule has 0 saturated heterocycles. The molecule has 0 aliphatic rings. The molecule has 0 aliphatic heterocycles. The second-order valence-corrected chi connectivity index (χ2v) is 4.16. The van der Waals surface area contributed by atoms with Crippen LogP contribution < -0.4 is 4.74 Å². The Hall–Kier alpha value is -1.95. The van der Waals surface area contributed by atoms with Crippen molar-refractivity contribution in [3.8, 4) is 11.8 Å². The zero-order valence-corrected chi connectivity index (χ0v) is 10.4. The average Bonchev–Trinajstić information content (AvgIpc) is 2.60. The van der Waals surface area contributed by atoms with Crippen LogP contribution in [0.25, 0.3) is 10.9 Å². The molecule has 0 N–H and O–H groups in total. The summed E-state index contributed by atoms with van der Waals surface area (Å²) >= 11 is 0. The first kappa shape index (κ1) is 11.5. The Morgan fingerprint density at radius 3 is 2.82 bits per heavy atom. The molecule has 3 nitrogen and oxygen atoms in total. The van der Waals surface area contributed by atoms with E-state index in [1.54, 1.807) is 7.11 Å². The Kier molecular flexibility index (Phi) is 3.06. The highest BCUT2D eigenvalue weighted by molar-refractivity contribution is 5.86. The van der Waals surface area contributed by atoms with Gasteiger partial charge in [-0.1, -0.05) is 0 Å². The van der Waals surface area contributed by atoms with Crippen LogP contribution in [0, 0.1) is 18.3 Å². The van der Waals surface area contributed by atoms with Crippen LogP contribution in [0.4, 0.5) is 0 Å². The van der Waals surface area contributed by atoms with Gasteiger partial charge in [0, 0.05) is 30.6 Å². The number of hydrogen-bond acceptors (Lipinski definition) is 2. The minimum atomic E-state index is 0.561. The maximum Gasteiger partial charge on any atom is 0.120 e. The first-order valence-electron chi connectivity index (χ1n) is 5.68. The van der Waals surface area contributed by atoms with Crippen molar-refractivity contribution in [2.45, 2.75) is 19.8 Å². The fourth-order valence-corrected chi connectivity index (χ4v) is 2.25. The summed E-state index contributed by atoms with van der Waals surface area (Å²) in [5.74, 6) is 0.866. The van der Waals surface area contributed by atoms with Crippen molar-refractivity contribution in [2.24, 2.45) is 7.05 Å². The zero-order chi connectivity index (χ0) is 12.4.